The first-order valence-electron chi connectivity index (χ1n) is 9.91. The number of phenolic OH excluding ortho intramolecular Hbond substituents is 1. The summed E-state index contributed by atoms with van der Waals surface area (Å²) in [5.74, 6) is 0.311. The van der Waals surface area contributed by atoms with E-state index in [0.717, 1.165) is 34.7 Å². The van der Waals surface area contributed by atoms with Gasteiger partial charge in [0, 0.05) is 24.4 Å². The molecule has 1 amide bonds. The summed E-state index contributed by atoms with van der Waals surface area (Å²) in [7, 11) is 0. The summed E-state index contributed by atoms with van der Waals surface area (Å²) in [4.78, 5) is 23.1. The molecule has 0 bridgehead atoms. The van der Waals surface area contributed by atoms with Crippen LogP contribution in [0, 0.1) is 0 Å². The summed E-state index contributed by atoms with van der Waals surface area (Å²) in [6, 6.07) is 15.2. The van der Waals surface area contributed by atoms with E-state index in [-0.39, 0.29) is 29.0 Å². The third kappa shape index (κ3) is 4.74. The Bertz CT molecular complexity index is 970. The predicted molar refractivity (Wildman–Crippen MR) is 116 cm³/mol. The van der Waals surface area contributed by atoms with Crippen LogP contribution in [0.15, 0.2) is 53.7 Å². The second kappa shape index (κ2) is 8.47. The molecule has 29 heavy (non-hydrogen) atoms. The summed E-state index contributed by atoms with van der Waals surface area (Å²) in [6.45, 7) is 5.37. The molecule has 0 radical (unpaired) electrons. The number of para-hydroxylation sites is 2. The molecule has 0 spiro atoms. The van der Waals surface area contributed by atoms with Crippen molar-refractivity contribution in [2.45, 2.75) is 49.3 Å². The average Bonchev–Trinajstić information content (AvgIpc) is 3.24. The zero-order valence-electron chi connectivity index (χ0n) is 16.6. The van der Waals surface area contributed by atoms with Crippen molar-refractivity contribution in [1.82, 2.24) is 20.2 Å². The molecular weight excluding hydrogens is 384 g/mol. The summed E-state index contributed by atoms with van der Waals surface area (Å²) in [5, 5.41) is 14.0. The number of aromatic hydroxyl groups is 1. The van der Waals surface area contributed by atoms with Gasteiger partial charge in [0.1, 0.15) is 5.75 Å². The number of likely N-dealkylation sites (tertiary alicyclic amines) is 1. The fourth-order valence-electron chi connectivity index (χ4n) is 3.81. The van der Waals surface area contributed by atoms with Crippen molar-refractivity contribution in [3.63, 3.8) is 0 Å². The average molecular weight is 411 g/mol. The molecule has 0 unspecified atom stereocenters. The number of benzene rings is 2. The van der Waals surface area contributed by atoms with Gasteiger partial charge >= 0.3 is 0 Å². The van der Waals surface area contributed by atoms with Gasteiger partial charge < -0.3 is 15.4 Å². The van der Waals surface area contributed by atoms with E-state index < -0.39 is 0 Å². The molecule has 1 aliphatic rings. The molecule has 3 aromatic rings. The molecule has 0 aliphatic carbocycles. The van der Waals surface area contributed by atoms with Crippen LogP contribution in [-0.2, 0) is 11.3 Å². The van der Waals surface area contributed by atoms with Gasteiger partial charge in [-0.1, -0.05) is 36.0 Å². The van der Waals surface area contributed by atoms with E-state index >= 15 is 0 Å². The van der Waals surface area contributed by atoms with Crippen LogP contribution >= 0.6 is 11.8 Å². The number of hydrogen-bond acceptors (Lipinski definition) is 5. The quantitative estimate of drug-likeness (QED) is 0.579. The minimum absolute atomic E-state index is 0.0628. The fraction of sp³-hybridized carbons (Fsp3) is 0.364. The van der Waals surface area contributed by atoms with Crippen LogP contribution in [0.2, 0.25) is 0 Å². The van der Waals surface area contributed by atoms with E-state index in [1.54, 1.807) is 23.9 Å². The van der Waals surface area contributed by atoms with Gasteiger partial charge in [-0.25, -0.2) is 4.98 Å². The van der Waals surface area contributed by atoms with Crippen molar-refractivity contribution in [1.29, 1.82) is 0 Å². The predicted octanol–water partition coefficient (Wildman–Crippen LogP) is 3.53. The van der Waals surface area contributed by atoms with Crippen LogP contribution in [0.25, 0.3) is 11.0 Å². The van der Waals surface area contributed by atoms with Crippen molar-refractivity contribution in [2.75, 3.05) is 6.54 Å². The van der Waals surface area contributed by atoms with Crippen LogP contribution in [0.1, 0.15) is 25.8 Å². The van der Waals surface area contributed by atoms with Gasteiger partial charge in [-0.2, -0.15) is 0 Å². The smallest absolute Gasteiger partial charge is 0.237 e. The molecule has 2 heterocycles. The van der Waals surface area contributed by atoms with Crippen LogP contribution in [0.3, 0.4) is 0 Å². The zero-order chi connectivity index (χ0) is 20.4. The first-order valence-corrected chi connectivity index (χ1v) is 10.8. The van der Waals surface area contributed by atoms with E-state index in [1.165, 1.54) is 0 Å². The summed E-state index contributed by atoms with van der Waals surface area (Å²) in [6.07, 6.45) is 0.763. The Morgan fingerprint density at radius 2 is 2.14 bits per heavy atom. The number of phenols is 1. The SMILES string of the molecule is CC(C)NC(=O)[C@@H]1C[C@@H](Sc2nc3ccccc3[nH]2)CN1Cc1cccc(O)c1. The second-order valence-corrected chi connectivity index (χ2v) is 9.10. The monoisotopic (exact) mass is 410 g/mol. The van der Waals surface area contributed by atoms with Crippen LogP contribution in [-0.4, -0.2) is 49.8 Å². The van der Waals surface area contributed by atoms with Crippen molar-refractivity contribution >= 4 is 28.7 Å². The summed E-state index contributed by atoms with van der Waals surface area (Å²) >= 11 is 1.70. The van der Waals surface area contributed by atoms with Gasteiger partial charge in [-0.15, -0.1) is 0 Å². The highest BCUT2D eigenvalue weighted by Gasteiger charge is 2.37. The lowest BCUT2D eigenvalue weighted by Crippen LogP contribution is -2.45. The Kier molecular flexibility index (Phi) is 5.78. The number of aromatic amines is 1. The number of amides is 1. The number of nitrogens with one attached hydrogen (secondary N) is 2. The van der Waals surface area contributed by atoms with Gasteiger partial charge in [0.2, 0.25) is 5.91 Å². The molecule has 0 saturated carbocycles. The molecule has 3 N–H and O–H groups in total. The highest BCUT2D eigenvalue weighted by atomic mass is 32.2. The largest absolute Gasteiger partial charge is 0.508 e. The fourth-order valence-corrected chi connectivity index (χ4v) is 4.99. The third-order valence-electron chi connectivity index (χ3n) is 5.04. The Morgan fingerprint density at radius 1 is 1.31 bits per heavy atom. The summed E-state index contributed by atoms with van der Waals surface area (Å²) in [5.41, 5.74) is 2.99. The van der Waals surface area contributed by atoms with Gasteiger partial charge in [-0.05, 0) is 50.1 Å². The number of carbonyl (C=O) groups excluding carboxylic acids is 1. The van der Waals surface area contributed by atoms with Crippen molar-refractivity contribution in [3.05, 3.63) is 54.1 Å². The van der Waals surface area contributed by atoms with E-state index in [9.17, 15) is 9.90 Å². The molecular formula is C22H26N4O2S. The van der Waals surface area contributed by atoms with Crippen LogP contribution in [0.4, 0.5) is 0 Å². The summed E-state index contributed by atoms with van der Waals surface area (Å²) < 4.78 is 0. The highest BCUT2D eigenvalue weighted by Crippen LogP contribution is 2.33. The minimum atomic E-state index is -0.193. The zero-order valence-corrected chi connectivity index (χ0v) is 17.4. The number of aromatic nitrogens is 2. The van der Waals surface area contributed by atoms with E-state index in [4.69, 9.17) is 0 Å². The van der Waals surface area contributed by atoms with E-state index in [1.807, 2.05) is 50.2 Å². The normalized spacial score (nSPS) is 19.8. The first kappa shape index (κ1) is 19.8. The number of fused-ring (bicyclic) bond motifs is 1. The third-order valence-corrected chi connectivity index (χ3v) is 6.13. The van der Waals surface area contributed by atoms with Crippen molar-refractivity contribution in [2.24, 2.45) is 0 Å². The molecule has 1 aliphatic heterocycles. The highest BCUT2D eigenvalue weighted by molar-refractivity contribution is 7.99. The molecule has 1 fully saturated rings. The molecule has 4 rings (SSSR count). The lowest BCUT2D eigenvalue weighted by Gasteiger charge is -2.24. The molecule has 6 nitrogen and oxygen atoms in total. The van der Waals surface area contributed by atoms with E-state index in [0.29, 0.717) is 6.54 Å². The Morgan fingerprint density at radius 3 is 2.90 bits per heavy atom. The van der Waals surface area contributed by atoms with Gasteiger partial charge in [0.05, 0.1) is 17.1 Å². The Labute approximate surface area is 174 Å². The van der Waals surface area contributed by atoms with E-state index in [2.05, 4.69) is 20.2 Å². The number of hydrogen-bond donors (Lipinski definition) is 3. The second-order valence-electron chi connectivity index (χ2n) is 7.81. The molecule has 2 atom stereocenters. The lowest BCUT2D eigenvalue weighted by atomic mass is 10.1. The van der Waals surface area contributed by atoms with Gasteiger partial charge in [0.15, 0.2) is 5.16 Å². The number of H-pyrrole nitrogens is 1. The Hall–Kier alpha value is -2.51. The van der Waals surface area contributed by atoms with Crippen molar-refractivity contribution in [3.8, 4) is 5.75 Å². The lowest BCUT2D eigenvalue weighted by molar-refractivity contribution is -0.126. The first-order chi connectivity index (χ1) is 14.0. The molecule has 1 aromatic heterocycles. The van der Waals surface area contributed by atoms with Crippen LogP contribution in [0.5, 0.6) is 5.75 Å². The Balaban J connectivity index is 1.51. The van der Waals surface area contributed by atoms with Gasteiger partial charge in [-0.3, -0.25) is 9.69 Å². The topological polar surface area (TPSA) is 81.2 Å². The number of carbonyl (C=O) groups is 1. The molecule has 2 aromatic carbocycles. The minimum Gasteiger partial charge on any atom is -0.508 e. The molecule has 7 heteroatoms. The maximum atomic E-state index is 12.8. The number of rotatable bonds is 6. The van der Waals surface area contributed by atoms with Gasteiger partial charge in [0.25, 0.3) is 0 Å². The number of thioether (sulfide) groups is 1. The maximum absolute atomic E-state index is 12.8. The molecule has 1 saturated heterocycles. The maximum Gasteiger partial charge on any atom is 0.237 e. The standard InChI is InChI=1S/C22H26N4O2S/c1-14(2)23-21(28)20-11-17(13-26(20)12-15-6-5-7-16(27)10-15)29-22-24-18-8-3-4-9-19(18)25-22/h3-10,14,17,20,27H,11-13H2,1-2H3,(H,23,28)(H,24,25)/t17-,20+/m1/s1. The van der Waals surface area contributed by atoms with Crippen LogP contribution < -0.4 is 5.32 Å². The van der Waals surface area contributed by atoms with Crippen molar-refractivity contribution < 1.29 is 9.90 Å². The number of nitrogens with zero attached hydrogens (tertiary/aromatic N) is 2. The molecule has 152 valence electrons. The number of imidazole rings is 1.